The number of benzene rings is 2. The lowest BCUT2D eigenvalue weighted by Crippen LogP contribution is -2.18. The van der Waals surface area contributed by atoms with Gasteiger partial charge < -0.3 is 10.1 Å². The molecule has 0 saturated carbocycles. The Morgan fingerprint density at radius 3 is 2.45 bits per heavy atom. The first-order valence-corrected chi connectivity index (χ1v) is 8.01. The van der Waals surface area contributed by atoms with Gasteiger partial charge in [0.2, 0.25) is 0 Å². The summed E-state index contributed by atoms with van der Waals surface area (Å²) >= 11 is 7.06. The standard InChI is InChI=1S/C16H17Br2NO/c1-11(9-12-3-6-14(20-2)7-4-12)19-16-10-13(17)5-8-15(16)18/h3-8,10-11,19H,9H2,1-2H3. The van der Waals surface area contributed by atoms with Crippen molar-refractivity contribution in [2.45, 2.75) is 19.4 Å². The van der Waals surface area contributed by atoms with Gasteiger partial charge in [-0.25, -0.2) is 0 Å². The van der Waals surface area contributed by atoms with Crippen molar-refractivity contribution in [1.82, 2.24) is 0 Å². The van der Waals surface area contributed by atoms with E-state index in [1.54, 1.807) is 7.11 Å². The molecule has 0 aliphatic rings. The minimum atomic E-state index is 0.342. The Bertz CT molecular complexity index is 569. The fraction of sp³-hybridized carbons (Fsp3) is 0.250. The van der Waals surface area contributed by atoms with Crippen LogP contribution in [0.3, 0.4) is 0 Å². The molecular formula is C16H17Br2NO. The first-order chi connectivity index (χ1) is 9.58. The lowest BCUT2D eigenvalue weighted by molar-refractivity contribution is 0.414. The Morgan fingerprint density at radius 1 is 1.10 bits per heavy atom. The van der Waals surface area contributed by atoms with Gasteiger partial charge in [-0.3, -0.25) is 0 Å². The first-order valence-electron chi connectivity index (χ1n) is 6.43. The largest absolute Gasteiger partial charge is 0.497 e. The lowest BCUT2D eigenvalue weighted by atomic mass is 10.1. The maximum absolute atomic E-state index is 5.17. The molecule has 0 bridgehead atoms. The lowest BCUT2D eigenvalue weighted by Gasteiger charge is -2.17. The van der Waals surface area contributed by atoms with Crippen LogP contribution in [0.2, 0.25) is 0 Å². The SMILES string of the molecule is COc1ccc(CC(C)Nc2cc(Br)ccc2Br)cc1. The van der Waals surface area contributed by atoms with Crippen LogP contribution >= 0.6 is 31.9 Å². The normalized spacial score (nSPS) is 12.0. The summed E-state index contributed by atoms with van der Waals surface area (Å²) in [4.78, 5) is 0. The van der Waals surface area contributed by atoms with Crippen LogP contribution < -0.4 is 10.1 Å². The summed E-state index contributed by atoms with van der Waals surface area (Å²) in [6, 6.07) is 14.7. The van der Waals surface area contributed by atoms with Crippen molar-refractivity contribution in [3.05, 3.63) is 57.0 Å². The molecule has 0 spiro atoms. The molecule has 0 amide bonds. The zero-order chi connectivity index (χ0) is 14.5. The topological polar surface area (TPSA) is 21.3 Å². The van der Waals surface area contributed by atoms with Crippen LogP contribution in [0.5, 0.6) is 5.75 Å². The van der Waals surface area contributed by atoms with Gasteiger partial charge in [0, 0.05) is 20.7 Å². The third-order valence-corrected chi connectivity index (χ3v) is 4.22. The molecule has 2 rings (SSSR count). The van der Waals surface area contributed by atoms with Crippen molar-refractivity contribution in [3.63, 3.8) is 0 Å². The molecule has 0 heterocycles. The fourth-order valence-corrected chi connectivity index (χ4v) is 2.76. The number of hydrogen-bond donors (Lipinski definition) is 1. The van der Waals surface area contributed by atoms with Crippen LogP contribution in [-0.2, 0) is 6.42 Å². The molecule has 0 aromatic heterocycles. The third-order valence-electron chi connectivity index (χ3n) is 3.03. The Hall–Kier alpha value is -1.00. The van der Waals surface area contributed by atoms with Gasteiger partial charge in [0.05, 0.1) is 7.11 Å². The average Bonchev–Trinajstić information content (AvgIpc) is 2.43. The van der Waals surface area contributed by atoms with E-state index in [1.165, 1.54) is 5.56 Å². The summed E-state index contributed by atoms with van der Waals surface area (Å²) in [5, 5.41) is 3.52. The van der Waals surface area contributed by atoms with E-state index < -0.39 is 0 Å². The molecule has 20 heavy (non-hydrogen) atoms. The molecule has 4 heteroatoms. The highest BCUT2D eigenvalue weighted by atomic mass is 79.9. The monoisotopic (exact) mass is 397 g/mol. The Balaban J connectivity index is 2.00. The minimum Gasteiger partial charge on any atom is -0.497 e. The predicted molar refractivity (Wildman–Crippen MR) is 91.6 cm³/mol. The highest BCUT2D eigenvalue weighted by Crippen LogP contribution is 2.27. The molecule has 0 aliphatic heterocycles. The molecule has 0 aliphatic carbocycles. The van der Waals surface area contributed by atoms with Crippen molar-refractivity contribution in [1.29, 1.82) is 0 Å². The van der Waals surface area contributed by atoms with Gasteiger partial charge in [-0.05, 0) is 65.2 Å². The van der Waals surface area contributed by atoms with Crippen LogP contribution in [0.1, 0.15) is 12.5 Å². The van der Waals surface area contributed by atoms with Gasteiger partial charge >= 0.3 is 0 Å². The van der Waals surface area contributed by atoms with Gasteiger partial charge in [0.1, 0.15) is 5.75 Å². The summed E-state index contributed by atoms with van der Waals surface area (Å²) in [6.45, 7) is 2.18. The maximum atomic E-state index is 5.17. The van der Waals surface area contributed by atoms with Crippen molar-refractivity contribution in [3.8, 4) is 5.75 Å². The van der Waals surface area contributed by atoms with Crippen molar-refractivity contribution in [2.75, 3.05) is 12.4 Å². The van der Waals surface area contributed by atoms with Gasteiger partial charge in [-0.15, -0.1) is 0 Å². The highest BCUT2D eigenvalue weighted by Gasteiger charge is 2.07. The van der Waals surface area contributed by atoms with Gasteiger partial charge in [-0.1, -0.05) is 28.1 Å². The molecule has 2 nitrogen and oxygen atoms in total. The van der Waals surface area contributed by atoms with E-state index >= 15 is 0 Å². The number of rotatable bonds is 5. The van der Waals surface area contributed by atoms with Crippen molar-refractivity contribution >= 4 is 37.5 Å². The van der Waals surface area contributed by atoms with Crippen LogP contribution in [0.15, 0.2) is 51.4 Å². The number of methoxy groups -OCH3 is 1. The molecule has 0 saturated heterocycles. The quantitative estimate of drug-likeness (QED) is 0.741. The van der Waals surface area contributed by atoms with E-state index in [1.807, 2.05) is 24.3 Å². The number of nitrogens with one attached hydrogen (secondary N) is 1. The number of hydrogen-bond acceptors (Lipinski definition) is 2. The molecule has 0 fully saturated rings. The summed E-state index contributed by atoms with van der Waals surface area (Å²) in [7, 11) is 1.68. The van der Waals surface area contributed by atoms with Crippen LogP contribution in [0.4, 0.5) is 5.69 Å². The van der Waals surface area contributed by atoms with Crippen LogP contribution in [-0.4, -0.2) is 13.2 Å². The molecule has 1 atom stereocenters. The Labute approximate surface area is 136 Å². The van der Waals surface area contributed by atoms with Crippen molar-refractivity contribution in [2.24, 2.45) is 0 Å². The zero-order valence-corrected chi connectivity index (χ0v) is 14.7. The molecule has 1 N–H and O–H groups in total. The van der Waals surface area contributed by atoms with Crippen molar-refractivity contribution < 1.29 is 4.74 Å². The Kier molecular flexibility index (Phi) is 5.49. The number of anilines is 1. The number of ether oxygens (including phenoxy) is 1. The van der Waals surface area contributed by atoms with E-state index in [9.17, 15) is 0 Å². The van der Waals surface area contributed by atoms with E-state index in [4.69, 9.17) is 4.74 Å². The zero-order valence-electron chi connectivity index (χ0n) is 11.5. The van der Waals surface area contributed by atoms with Gasteiger partial charge in [0.25, 0.3) is 0 Å². The summed E-state index contributed by atoms with van der Waals surface area (Å²) in [5.74, 6) is 0.893. The first kappa shape index (κ1) is 15.4. The fourth-order valence-electron chi connectivity index (χ4n) is 2.04. The molecule has 2 aromatic rings. The smallest absolute Gasteiger partial charge is 0.118 e. The molecule has 106 valence electrons. The molecule has 2 aromatic carbocycles. The second kappa shape index (κ2) is 7.14. The van der Waals surface area contributed by atoms with E-state index in [0.717, 1.165) is 26.8 Å². The van der Waals surface area contributed by atoms with Gasteiger partial charge in [-0.2, -0.15) is 0 Å². The Morgan fingerprint density at radius 2 is 1.80 bits per heavy atom. The summed E-state index contributed by atoms with van der Waals surface area (Å²) < 4.78 is 7.31. The van der Waals surface area contributed by atoms with E-state index in [0.29, 0.717) is 6.04 Å². The minimum absolute atomic E-state index is 0.342. The molecular weight excluding hydrogens is 382 g/mol. The van der Waals surface area contributed by atoms with Gasteiger partial charge in [0.15, 0.2) is 0 Å². The average molecular weight is 399 g/mol. The maximum Gasteiger partial charge on any atom is 0.118 e. The number of halogens is 2. The second-order valence-corrected chi connectivity index (χ2v) is 6.49. The second-order valence-electron chi connectivity index (χ2n) is 4.72. The van der Waals surface area contributed by atoms with Crippen LogP contribution in [0, 0.1) is 0 Å². The van der Waals surface area contributed by atoms with E-state index in [2.05, 4.69) is 62.3 Å². The predicted octanol–water partition coefficient (Wildman–Crippen LogP) is 5.26. The van der Waals surface area contributed by atoms with Crippen LogP contribution in [0.25, 0.3) is 0 Å². The molecule has 1 unspecified atom stereocenters. The molecule has 0 radical (unpaired) electrons. The summed E-state index contributed by atoms with van der Waals surface area (Å²) in [6.07, 6.45) is 0.961. The van der Waals surface area contributed by atoms with E-state index in [-0.39, 0.29) is 0 Å². The highest BCUT2D eigenvalue weighted by molar-refractivity contribution is 9.11. The summed E-state index contributed by atoms with van der Waals surface area (Å²) in [5.41, 5.74) is 2.39. The third kappa shape index (κ3) is 4.25.